The number of benzene rings is 3. The molecule has 1 saturated heterocycles. The highest BCUT2D eigenvalue weighted by Gasteiger charge is 2.35. The Labute approximate surface area is 248 Å². The molecule has 42 heavy (non-hydrogen) atoms. The lowest BCUT2D eigenvalue weighted by molar-refractivity contribution is -0.138. The lowest BCUT2D eigenvalue weighted by Gasteiger charge is -2.26. The molecule has 0 radical (unpaired) electrons. The molecule has 3 aromatic carbocycles. The van der Waals surface area contributed by atoms with E-state index < -0.39 is 12.0 Å². The molecule has 0 N–H and O–H groups in total. The molecular weight excluding hydrogens is 546 g/mol. The fourth-order valence-corrected chi connectivity index (χ4v) is 6.69. The van der Waals surface area contributed by atoms with Crippen molar-refractivity contribution in [1.29, 1.82) is 0 Å². The number of thiazole rings is 1. The Balaban J connectivity index is 1.57. The molecule has 0 spiro atoms. The van der Waals surface area contributed by atoms with Crippen molar-refractivity contribution >= 4 is 34.8 Å². The van der Waals surface area contributed by atoms with E-state index in [0.717, 1.165) is 35.3 Å². The second-order valence-corrected chi connectivity index (χ2v) is 11.5. The van der Waals surface area contributed by atoms with Crippen LogP contribution in [0.1, 0.15) is 48.1 Å². The summed E-state index contributed by atoms with van der Waals surface area (Å²) in [5.74, 6) is 0.125. The van der Waals surface area contributed by atoms with E-state index in [1.165, 1.54) is 29.9 Å². The number of hydrogen-bond donors (Lipinski definition) is 0. The van der Waals surface area contributed by atoms with Gasteiger partial charge in [0, 0.05) is 24.3 Å². The Kier molecular flexibility index (Phi) is 7.80. The van der Waals surface area contributed by atoms with Gasteiger partial charge in [-0.2, -0.15) is 0 Å². The molecule has 1 aromatic heterocycles. The summed E-state index contributed by atoms with van der Waals surface area (Å²) in [5, 5.41) is 0. The van der Waals surface area contributed by atoms with Gasteiger partial charge in [-0.3, -0.25) is 9.36 Å². The summed E-state index contributed by atoms with van der Waals surface area (Å²) in [4.78, 5) is 35.7. The first-order valence-corrected chi connectivity index (χ1v) is 15.1. The minimum Gasteiger partial charge on any atom is -0.497 e. The van der Waals surface area contributed by atoms with E-state index in [2.05, 4.69) is 30.0 Å². The molecule has 0 saturated carbocycles. The van der Waals surface area contributed by atoms with Crippen LogP contribution in [0.2, 0.25) is 0 Å². The molecule has 0 bridgehead atoms. The van der Waals surface area contributed by atoms with Gasteiger partial charge in [0.25, 0.3) is 5.56 Å². The van der Waals surface area contributed by atoms with Crippen LogP contribution < -0.4 is 24.5 Å². The standard InChI is InChI=1S/C34H33N3O4S/c1-4-41-33(39)29-30(23-11-6-5-7-12-23)35-34-37(31(29)25-13-10-14-27(20-25)40-3)32(38)28(42-34)21-24-15-16-26(19-22(24)2)36-17-8-9-18-36/h5-7,10-16,19-21,31H,4,8-9,17-18H2,1-3H3/b28-21+/t31-/m0/s1. The molecule has 2 aliphatic heterocycles. The second-order valence-electron chi connectivity index (χ2n) is 10.4. The fourth-order valence-electron chi connectivity index (χ4n) is 5.70. The molecule has 2 aliphatic rings. The first kappa shape index (κ1) is 27.7. The SMILES string of the molecule is CCOC(=O)C1=C(c2ccccc2)N=c2s/c(=C/c3ccc(N4CCCC4)cc3C)c(=O)n2[C@H]1c1cccc(OC)c1. The van der Waals surface area contributed by atoms with Crippen molar-refractivity contribution in [2.75, 3.05) is 31.7 Å². The van der Waals surface area contributed by atoms with Crippen molar-refractivity contribution in [1.82, 2.24) is 4.57 Å². The van der Waals surface area contributed by atoms with Gasteiger partial charge < -0.3 is 14.4 Å². The van der Waals surface area contributed by atoms with E-state index in [9.17, 15) is 9.59 Å². The van der Waals surface area contributed by atoms with Gasteiger partial charge in [0.15, 0.2) is 4.80 Å². The van der Waals surface area contributed by atoms with Crippen molar-refractivity contribution in [2.24, 2.45) is 4.99 Å². The monoisotopic (exact) mass is 579 g/mol. The van der Waals surface area contributed by atoms with E-state index in [1.54, 1.807) is 18.6 Å². The number of carbonyl (C=O) groups is 1. The number of ether oxygens (including phenoxy) is 2. The molecule has 8 heteroatoms. The van der Waals surface area contributed by atoms with Crippen LogP contribution in [0.4, 0.5) is 5.69 Å². The van der Waals surface area contributed by atoms with Gasteiger partial charge in [-0.25, -0.2) is 9.79 Å². The number of fused-ring (bicyclic) bond motifs is 1. The molecule has 0 amide bonds. The normalized spacial score (nSPS) is 16.8. The minimum atomic E-state index is -0.744. The van der Waals surface area contributed by atoms with Gasteiger partial charge in [-0.1, -0.05) is 59.9 Å². The maximum atomic E-state index is 14.2. The number of nitrogens with zero attached hydrogens (tertiary/aromatic N) is 3. The Morgan fingerprint density at radius 3 is 2.55 bits per heavy atom. The number of rotatable bonds is 7. The van der Waals surface area contributed by atoms with E-state index in [0.29, 0.717) is 26.4 Å². The van der Waals surface area contributed by atoms with E-state index in [1.807, 2.05) is 60.7 Å². The maximum absolute atomic E-state index is 14.2. The quantitative estimate of drug-likeness (QED) is 0.293. The summed E-state index contributed by atoms with van der Waals surface area (Å²) in [5.41, 5.74) is 5.43. The van der Waals surface area contributed by atoms with Crippen LogP contribution >= 0.6 is 11.3 Å². The second kappa shape index (κ2) is 11.8. The Hall–Kier alpha value is -4.43. The molecule has 6 rings (SSSR count). The van der Waals surface area contributed by atoms with Crippen LogP contribution in [0.25, 0.3) is 11.8 Å². The van der Waals surface area contributed by atoms with E-state index in [4.69, 9.17) is 14.5 Å². The van der Waals surface area contributed by atoms with Crippen molar-refractivity contribution in [3.8, 4) is 5.75 Å². The highest BCUT2D eigenvalue weighted by atomic mass is 32.1. The maximum Gasteiger partial charge on any atom is 0.338 e. The molecule has 0 aliphatic carbocycles. The molecule has 7 nitrogen and oxygen atoms in total. The van der Waals surface area contributed by atoms with Crippen LogP contribution in [0.15, 0.2) is 88.2 Å². The number of aromatic nitrogens is 1. The number of hydrogen-bond acceptors (Lipinski definition) is 7. The highest BCUT2D eigenvalue weighted by molar-refractivity contribution is 7.07. The molecule has 3 heterocycles. The van der Waals surface area contributed by atoms with Gasteiger partial charge in [0.1, 0.15) is 5.75 Å². The third-order valence-electron chi connectivity index (χ3n) is 7.79. The average molecular weight is 580 g/mol. The van der Waals surface area contributed by atoms with Gasteiger partial charge >= 0.3 is 5.97 Å². The number of aryl methyl sites for hydroxylation is 1. The van der Waals surface area contributed by atoms with Gasteiger partial charge in [0.05, 0.1) is 35.6 Å². The Morgan fingerprint density at radius 1 is 1.05 bits per heavy atom. The third-order valence-corrected chi connectivity index (χ3v) is 8.78. The largest absolute Gasteiger partial charge is 0.497 e. The fraction of sp³-hybridized carbons (Fsp3) is 0.265. The molecule has 1 fully saturated rings. The van der Waals surface area contributed by atoms with Crippen LogP contribution in [-0.4, -0.2) is 37.3 Å². The van der Waals surface area contributed by atoms with E-state index in [-0.39, 0.29) is 12.2 Å². The first-order chi connectivity index (χ1) is 20.5. The number of methoxy groups -OCH3 is 1. The minimum absolute atomic E-state index is 0.201. The van der Waals surface area contributed by atoms with Crippen molar-refractivity contribution in [3.05, 3.63) is 120 Å². The summed E-state index contributed by atoms with van der Waals surface area (Å²) < 4.78 is 13.2. The molecule has 4 aromatic rings. The summed E-state index contributed by atoms with van der Waals surface area (Å²) in [6, 6.07) is 22.7. The topological polar surface area (TPSA) is 73.1 Å². The Bertz CT molecular complexity index is 1850. The summed E-state index contributed by atoms with van der Waals surface area (Å²) in [6.07, 6.45) is 4.37. The van der Waals surface area contributed by atoms with Gasteiger partial charge in [-0.05, 0) is 73.7 Å². The number of esters is 1. The highest BCUT2D eigenvalue weighted by Crippen LogP contribution is 2.36. The average Bonchev–Trinajstić information content (AvgIpc) is 3.66. The zero-order valence-corrected chi connectivity index (χ0v) is 24.8. The molecule has 214 valence electrons. The van der Waals surface area contributed by atoms with Gasteiger partial charge in [0.2, 0.25) is 0 Å². The van der Waals surface area contributed by atoms with Gasteiger partial charge in [-0.15, -0.1) is 0 Å². The predicted molar refractivity (Wildman–Crippen MR) is 167 cm³/mol. The van der Waals surface area contributed by atoms with E-state index >= 15 is 0 Å². The number of carbonyl (C=O) groups excluding carboxylic acids is 1. The first-order valence-electron chi connectivity index (χ1n) is 14.3. The lowest BCUT2D eigenvalue weighted by Crippen LogP contribution is -2.40. The van der Waals surface area contributed by atoms with Crippen LogP contribution in [0, 0.1) is 6.92 Å². The van der Waals surface area contributed by atoms with Crippen LogP contribution in [0.5, 0.6) is 5.75 Å². The van der Waals surface area contributed by atoms with Crippen molar-refractivity contribution in [3.63, 3.8) is 0 Å². The van der Waals surface area contributed by atoms with Crippen molar-refractivity contribution in [2.45, 2.75) is 32.7 Å². The van der Waals surface area contributed by atoms with Crippen LogP contribution in [0.3, 0.4) is 0 Å². The molecule has 1 atom stereocenters. The lowest BCUT2D eigenvalue weighted by atomic mass is 9.93. The summed E-state index contributed by atoms with van der Waals surface area (Å²) >= 11 is 1.33. The number of anilines is 1. The molecular formula is C34H33N3O4S. The van der Waals surface area contributed by atoms with Crippen LogP contribution in [-0.2, 0) is 9.53 Å². The molecule has 0 unspecified atom stereocenters. The smallest absolute Gasteiger partial charge is 0.338 e. The predicted octanol–water partition coefficient (Wildman–Crippen LogP) is 4.85. The van der Waals surface area contributed by atoms with Crippen molar-refractivity contribution < 1.29 is 14.3 Å². The summed E-state index contributed by atoms with van der Waals surface area (Å²) in [6.45, 7) is 6.20. The zero-order valence-electron chi connectivity index (χ0n) is 24.0. The third kappa shape index (κ3) is 5.18. The zero-order chi connectivity index (χ0) is 29.2. The summed E-state index contributed by atoms with van der Waals surface area (Å²) in [7, 11) is 1.60. The Morgan fingerprint density at radius 2 is 1.83 bits per heavy atom.